The van der Waals surface area contributed by atoms with Gasteiger partial charge in [-0.1, -0.05) is 17.7 Å². The molecule has 1 amide bonds. The summed E-state index contributed by atoms with van der Waals surface area (Å²) in [5, 5.41) is 12.9. The summed E-state index contributed by atoms with van der Waals surface area (Å²) < 4.78 is 19.0. The molecule has 0 spiro atoms. The number of hydrogen-bond acceptors (Lipinski definition) is 4. The van der Waals surface area contributed by atoms with Gasteiger partial charge in [0, 0.05) is 36.9 Å². The van der Waals surface area contributed by atoms with Crippen LogP contribution >= 0.6 is 11.6 Å². The van der Waals surface area contributed by atoms with Gasteiger partial charge in [-0.25, -0.2) is 4.39 Å². The van der Waals surface area contributed by atoms with E-state index in [1.54, 1.807) is 0 Å². The standard InChI is InChI=1S/C15H20ClFN2O3/c16-10-2-1-3-11(17)13(10)12(20)8-19-14(21)15(9-18)4-6-22-7-5-15/h1-3,12,20H,4-9,18H2,(H,19,21). The molecule has 122 valence electrons. The number of nitrogens with two attached hydrogens (primary N) is 1. The van der Waals surface area contributed by atoms with E-state index in [-0.39, 0.29) is 29.6 Å². The van der Waals surface area contributed by atoms with Gasteiger partial charge in [-0.05, 0) is 25.0 Å². The van der Waals surface area contributed by atoms with Crippen molar-refractivity contribution in [1.82, 2.24) is 5.32 Å². The van der Waals surface area contributed by atoms with E-state index < -0.39 is 17.3 Å². The summed E-state index contributed by atoms with van der Waals surface area (Å²) in [5.74, 6) is -0.848. The zero-order valence-electron chi connectivity index (χ0n) is 12.1. The number of benzene rings is 1. The molecule has 1 aliphatic rings. The van der Waals surface area contributed by atoms with Gasteiger partial charge in [0.1, 0.15) is 11.9 Å². The predicted octanol–water partition coefficient (Wildman–Crippen LogP) is 1.38. The summed E-state index contributed by atoms with van der Waals surface area (Å²) in [6.07, 6.45) is -0.148. The minimum absolute atomic E-state index is 0.0155. The smallest absolute Gasteiger partial charge is 0.227 e. The Labute approximate surface area is 133 Å². The van der Waals surface area contributed by atoms with Crippen LogP contribution in [0.5, 0.6) is 0 Å². The molecular formula is C15H20ClFN2O3. The minimum Gasteiger partial charge on any atom is -0.386 e. The number of carbonyl (C=O) groups is 1. The van der Waals surface area contributed by atoms with Gasteiger partial charge in [-0.15, -0.1) is 0 Å². The van der Waals surface area contributed by atoms with Gasteiger partial charge >= 0.3 is 0 Å². The molecule has 0 aromatic heterocycles. The first-order valence-corrected chi connectivity index (χ1v) is 7.56. The van der Waals surface area contributed by atoms with Gasteiger partial charge in [-0.2, -0.15) is 0 Å². The monoisotopic (exact) mass is 330 g/mol. The fourth-order valence-electron chi connectivity index (χ4n) is 2.59. The Morgan fingerprint density at radius 2 is 2.18 bits per heavy atom. The molecule has 2 rings (SSSR count). The molecule has 5 nitrogen and oxygen atoms in total. The maximum atomic E-state index is 13.7. The summed E-state index contributed by atoms with van der Waals surface area (Å²) in [6.45, 7) is 1.04. The number of hydrogen-bond donors (Lipinski definition) is 3. The molecule has 1 heterocycles. The molecule has 1 unspecified atom stereocenters. The van der Waals surface area contributed by atoms with Gasteiger partial charge in [0.25, 0.3) is 0 Å². The van der Waals surface area contributed by atoms with Gasteiger partial charge in [0.15, 0.2) is 0 Å². The summed E-state index contributed by atoms with van der Waals surface area (Å²) in [7, 11) is 0. The predicted molar refractivity (Wildman–Crippen MR) is 80.9 cm³/mol. The molecule has 1 aliphatic heterocycles. The first-order valence-electron chi connectivity index (χ1n) is 7.18. The van der Waals surface area contributed by atoms with Crippen LogP contribution < -0.4 is 11.1 Å². The Morgan fingerprint density at radius 3 is 2.77 bits per heavy atom. The largest absolute Gasteiger partial charge is 0.386 e. The van der Waals surface area contributed by atoms with Gasteiger partial charge < -0.3 is 20.9 Å². The molecule has 0 bridgehead atoms. The Bertz CT molecular complexity index is 515. The number of aliphatic hydroxyl groups excluding tert-OH is 1. The molecule has 1 aromatic carbocycles. The highest BCUT2D eigenvalue weighted by Gasteiger charge is 2.38. The molecule has 1 saturated heterocycles. The van der Waals surface area contributed by atoms with Crippen molar-refractivity contribution in [3.8, 4) is 0 Å². The minimum atomic E-state index is -1.22. The number of amides is 1. The third-order valence-corrected chi connectivity index (χ3v) is 4.44. The molecule has 0 saturated carbocycles. The number of halogens is 2. The summed E-state index contributed by atoms with van der Waals surface area (Å²) >= 11 is 5.89. The van der Waals surface area contributed by atoms with Gasteiger partial charge in [-0.3, -0.25) is 4.79 Å². The van der Waals surface area contributed by atoms with Gasteiger partial charge in [0.05, 0.1) is 5.41 Å². The van der Waals surface area contributed by atoms with Crippen LogP contribution in [0.15, 0.2) is 18.2 Å². The molecule has 1 atom stereocenters. The second-order valence-electron chi connectivity index (χ2n) is 5.46. The highest BCUT2D eigenvalue weighted by molar-refractivity contribution is 6.31. The molecule has 7 heteroatoms. The SMILES string of the molecule is NCC1(C(=O)NCC(O)c2c(F)cccc2Cl)CCOCC1. The van der Waals surface area contributed by atoms with Crippen molar-refractivity contribution in [2.75, 3.05) is 26.3 Å². The second kappa shape index (κ2) is 7.37. The van der Waals surface area contributed by atoms with E-state index in [2.05, 4.69) is 5.32 Å². The normalized spacial score (nSPS) is 18.7. The third-order valence-electron chi connectivity index (χ3n) is 4.11. The van der Waals surface area contributed by atoms with Crippen LogP contribution in [0.2, 0.25) is 5.02 Å². The fourth-order valence-corrected chi connectivity index (χ4v) is 2.88. The van der Waals surface area contributed by atoms with Crippen LogP contribution in [0.4, 0.5) is 4.39 Å². The zero-order chi connectivity index (χ0) is 16.2. The lowest BCUT2D eigenvalue weighted by Crippen LogP contribution is -2.49. The molecule has 1 aromatic rings. The van der Waals surface area contributed by atoms with Crippen LogP contribution in [0.1, 0.15) is 24.5 Å². The first kappa shape index (κ1) is 17.1. The average Bonchev–Trinajstić information content (AvgIpc) is 2.53. The van der Waals surface area contributed by atoms with E-state index in [0.29, 0.717) is 26.1 Å². The lowest BCUT2D eigenvalue weighted by Gasteiger charge is -2.34. The molecule has 1 fully saturated rings. The quantitative estimate of drug-likeness (QED) is 0.761. The topological polar surface area (TPSA) is 84.6 Å². The Morgan fingerprint density at radius 1 is 1.50 bits per heavy atom. The molecule has 0 aliphatic carbocycles. The lowest BCUT2D eigenvalue weighted by molar-refractivity contribution is -0.136. The van der Waals surface area contributed by atoms with Crippen LogP contribution in [0.3, 0.4) is 0 Å². The fraction of sp³-hybridized carbons (Fsp3) is 0.533. The number of carbonyl (C=O) groups excluding carboxylic acids is 1. The van der Waals surface area contributed by atoms with E-state index in [4.69, 9.17) is 22.1 Å². The van der Waals surface area contributed by atoms with E-state index >= 15 is 0 Å². The van der Waals surface area contributed by atoms with Crippen molar-refractivity contribution < 1.29 is 19.0 Å². The molecule has 4 N–H and O–H groups in total. The average molecular weight is 331 g/mol. The third kappa shape index (κ3) is 3.57. The van der Waals surface area contributed by atoms with Crippen LogP contribution in [-0.2, 0) is 9.53 Å². The maximum absolute atomic E-state index is 13.7. The second-order valence-corrected chi connectivity index (χ2v) is 5.87. The van der Waals surface area contributed by atoms with Crippen molar-refractivity contribution >= 4 is 17.5 Å². The zero-order valence-corrected chi connectivity index (χ0v) is 12.9. The Balaban J connectivity index is 2.01. The van der Waals surface area contributed by atoms with Crippen LogP contribution in [0.25, 0.3) is 0 Å². The highest BCUT2D eigenvalue weighted by Crippen LogP contribution is 2.30. The van der Waals surface area contributed by atoms with Crippen molar-refractivity contribution in [3.05, 3.63) is 34.6 Å². The lowest BCUT2D eigenvalue weighted by atomic mass is 9.79. The first-order chi connectivity index (χ1) is 10.5. The number of nitrogens with one attached hydrogen (secondary N) is 1. The van der Waals surface area contributed by atoms with E-state index in [1.165, 1.54) is 18.2 Å². The number of rotatable bonds is 5. The molecular weight excluding hydrogens is 311 g/mol. The van der Waals surface area contributed by atoms with Crippen molar-refractivity contribution in [2.45, 2.75) is 18.9 Å². The van der Waals surface area contributed by atoms with Crippen molar-refractivity contribution in [2.24, 2.45) is 11.1 Å². The Kier molecular flexibility index (Phi) is 5.74. The van der Waals surface area contributed by atoms with Crippen LogP contribution in [-0.4, -0.2) is 37.3 Å². The summed E-state index contributed by atoms with van der Waals surface area (Å²) in [5.41, 5.74) is 5.05. The highest BCUT2D eigenvalue weighted by atomic mass is 35.5. The Hall–Kier alpha value is -1.21. The van der Waals surface area contributed by atoms with Crippen molar-refractivity contribution in [1.29, 1.82) is 0 Å². The maximum Gasteiger partial charge on any atom is 0.227 e. The van der Waals surface area contributed by atoms with Crippen molar-refractivity contribution in [3.63, 3.8) is 0 Å². The summed E-state index contributed by atoms with van der Waals surface area (Å²) in [4.78, 5) is 12.4. The van der Waals surface area contributed by atoms with Gasteiger partial charge in [0.2, 0.25) is 5.91 Å². The number of ether oxygens (including phenoxy) is 1. The van der Waals surface area contributed by atoms with E-state index in [1.807, 2.05) is 0 Å². The molecule has 0 radical (unpaired) electrons. The summed E-state index contributed by atoms with van der Waals surface area (Å²) in [6, 6.07) is 4.16. The van der Waals surface area contributed by atoms with E-state index in [0.717, 1.165) is 0 Å². The van der Waals surface area contributed by atoms with Crippen LogP contribution in [0, 0.1) is 11.2 Å². The molecule has 22 heavy (non-hydrogen) atoms. The number of aliphatic hydroxyl groups is 1. The van der Waals surface area contributed by atoms with E-state index in [9.17, 15) is 14.3 Å².